The summed E-state index contributed by atoms with van der Waals surface area (Å²) in [5.41, 5.74) is 0.266. The fraction of sp³-hybridized carbons (Fsp3) is 0.524. The van der Waals surface area contributed by atoms with E-state index in [1.807, 2.05) is 0 Å². The summed E-state index contributed by atoms with van der Waals surface area (Å²) in [7, 11) is -3.58. The molecule has 0 unspecified atom stereocenters. The normalized spacial score (nSPS) is 15.3. The zero-order valence-electron chi connectivity index (χ0n) is 18.5. The van der Waals surface area contributed by atoms with E-state index >= 15 is 0 Å². The summed E-state index contributed by atoms with van der Waals surface area (Å²) >= 11 is 0. The number of hydrogen-bond acceptors (Lipinski definition) is 8. The molecule has 3 rings (SSSR count). The fourth-order valence-electron chi connectivity index (χ4n) is 3.93. The lowest BCUT2D eigenvalue weighted by Gasteiger charge is -2.19. The highest BCUT2D eigenvalue weighted by atomic mass is 32.2. The molecular weight excluding hydrogens is 432 g/mol. The molecule has 2 N–H and O–H groups in total. The van der Waals surface area contributed by atoms with Gasteiger partial charge < -0.3 is 10.6 Å². The van der Waals surface area contributed by atoms with Gasteiger partial charge in [0.25, 0.3) is 0 Å². The summed E-state index contributed by atoms with van der Waals surface area (Å²) in [6.45, 7) is 4.32. The van der Waals surface area contributed by atoms with Gasteiger partial charge in [-0.1, -0.05) is 39.5 Å². The van der Waals surface area contributed by atoms with Crippen LogP contribution in [0.25, 0.3) is 0 Å². The Hall–Kier alpha value is -2.79. The molecule has 0 atom stereocenters. The topological polar surface area (TPSA) is 130 Å². The third-order valence-electron chi connectivity index (χ3n) is 5.66. The molecule has 1 fully saturated rings. The number of benzene rings is 1. The molecule has 1 saturated carbocycles. The summed E-state index contributed by atoms with van der Waals surface area (Å²) < 4.78 is 26.7. The first-order valence-corrected chi connectivity index (χ1v) is 12.4. The minimum absolute atomic E-state index is 0.0560. The predicted octanol–water partition coefficient (Wildman–Crippen LogP) is 4.29. The number of rotatable bonds is 9. The highest BCUT2D eigenvalue weighted by Crippen LogP contribution is 2.33. The van der Waals surface area contributed by atoms with Crippen molar-refractivity contribution in [3.8, 4) is 0 Å². The lowest BCUT2D eigenvalue weighted by atomic mass is 10.1. The molecule has 1 aliphatic rings. The molecule has 1 aromatic carbocycles. The molecule has 0 aliphatic heterocycles. The second kappa shape index (κ2) is 10.7. The number of aromatic nitrogens is 2. The summed E-state index contributed by atoms with van der Waals surface area (Å²) in [6.07, 6.45) is 7.72. The van der Waals surface area contributed by atoms with E-state index < -0.39 is 14.9 Å². The van der Waals surface area contributed by atoms with Crippen LogP contribution in [-0.4, -0.2) is 46.7 Å². The van der Waals surface area contributed by atoms with Crippen LogP contribution in [0.4, 0.5) is 23.0 Å². The number of anilines is 3. The Morgan fingerprint density at radius 2 is 1.62 bits per heavy atom. The van der Waals surface area contributed by atoms with Gasteiger partial charge in [0.1, 0.15) is 6.33 Å². The molecule has 2 aromatic rings. The van der Waals surface area contributed by atoms with E-state index in [4.69, 9.17) is 0 Å². The molecule has 10 nitrogen and oxygen atoms in total. The molecule has 1 heterocycles. The SMILES string of the molecule is CCN(CC)S(=O)(=O)c1ccc(Nc2ncnc(NC3CCCCCC3)c2[N+](=O)[O-])cc1. The Bertz CT molecular complexity index is 1020. The van der Waals surface area contributed by atoms with E-state index in [0.717, 1.165) is 25.7 Å². The maximum absolute atomic E-state index is 12.7. The van der Waals surface area contributed by atoms with E-state index in [1.165, 1.54) is 35.6 Å². The van der Waals surface area contributed by atoms with E-state index in [9.17, 15) is 18.5 Å². The molecule has 32 heavy (non-hydrogen) atoms. The molecule has 1 aliphatic carbocycles. The van der Waals surface area contributed by atoms with Gasteiger partial charge in [-0.2, -0.15) is 4.31 Å². The number of nitro groups is 1. The summed E-state index contributed by atoms with van der Waals surface area (Å²) in [5, 5.41) is 18.0. The van der Waals surface area contributed by atoms with E-state index in [0.29, 0.717) is 18.8 Å². The maximum Gasteiger partial charge on any atom is 0.353 e. The van der Waals surface area contributed by atoms with Crippen LogP contribution in [0, 0.1) is 10.1 Å². The third-order valence-corrected chi connectivity index (χ3v) is 7.73. The Balaban J connectivity index is 1.83. The molecule has 174 valence electrons. The standard InChI is InChI=1S/C21H30N6O4S/c1-3-26(4-2)32(30,31)18-13-11-17(12-14-18)25-21-19(27(28)29)20(22-15-23-21)24-16-9-7-5-6-8-10-16/h11-16H,3-10H2,1-2H3,(H2,22,23,24,25). The average molecular weight is 463 g/mol. The van der Waals surface area contributed by atoms with Crippen molar-refractivity contribution in [3.05, 3.63) is 40.7 Å². The monoisotopic (exact) mass is 462 g/mol. The summed E-state index contributed by atoms with van der Waals surface area (Å²) in [5.74, 6) is 0.251. The van der Waals surface area contributed by atoms with Crippen LogP contribution < -0.4 is 10.6 Å². The molecule has 0 saturated heterocycles. The van der Waals surface area contributed by atoms with Crippen LogP contribution in [0.5, 0.6) is 0 Å². The van der Waals surface area contributed by atoms with Gasteiger partial charge in [-0.15, -0.1) is 0 Å². The molecular formula is C21H30N6O4S. The zero-order chi connectivity index (χ0) is 23.1. The highest BCUT2D eigenvalue weighted by molar-refractivity contribution is 7.89. The van der Waals surface area contributed by atoms with Crippen molar-refractivity contribution in [2.45, 2.75) is 63.3 Å². The van der Waals surface area contributed by atoms with Gasteiger partial charge in [-0.3, -0.25) is 10.1 Å². The fourth-order valence-corrected chi connectivity index (χ4v) is 5.38. The molecule has 0 bridgehead atoms. The smallest absolute Gasteiger partial charge is 0.353 e. The largest absolute Gasteiger partial charge is 0.361 e. The van der Waals surface area contributed by atoms with Crippen LogP contribution >= 0.6 is 0 Å². The molecule has 1 aromatic heterocycles. The third kappa shape index (κ3) is 5.52. The lowest BCUT2D eigenvalue weighted by Crippen LogP contribution is -2.30. The van der Waals surface area contributed by atoms with E-state index in [1.54, 1.807) is 26.0 Å². The first-order valence-electron chi connectivity index (χ1n) is 11.0. The zero-order valence-corrected chi connectivity index (χ0v) is 19.3. The predicted molar refractivity (Wildman–Crippen MR) is 124 cm³/mol. The van der Waals surface area contributed by atoms with Crippen molar-refractivity contribution in [1.29, 1.82) is 0 Å². The van der Waals surface area contributed by atoms with Crippen LogP contribution in [0.1, 0.15) is 52.4 Å². The quantitative estimate of drug-likeness (QED) is 0.320. The van der Waals surface area contributed by atoms with Gasteiger partial charge in [0, 0.05) is 24.8 Å². The Kier molecular flexibility index (Phi) is 7.97. The van der Waals surface area contributed by atoms with Crippen LogP contribution in [-0.2, 0) is 10.0 Å². The van der Waals surface area contributed by atoms with Crippen molar-refractivity contribution in [1.82, 2.24) is 14.3 Å². The lowest BCUT2D eigenvalue weighted by molar-refractivity contribution is -0.383. The molecule has 11 heteroatoms. The summed E-state index contributed by atoms with van der Waals surface area (Å²) in [4.78, 5) is 19.7. The van der Waals surface area contributed by atoms with Gasteiger partial charge in [0.15, 0.2) is 0 Å². The Morgan fingerprint density at radius 3 is 2.19 bits per heavy atom. The van der Waals surface area contributed by atoms with Gasteiger partial charge in [0.2, 0.25) is 21.7 Å². The van der Waals surface area contributed by atoms with Crippen LogP contribution in [0.2, 0.25) is 0 Å². The van der Waals surface area contributed by atoms with Gasteiger partial charge in [-0.25, -0.2) is 18.4 Å². The molecule has 0 amide bonds. The Labute approximate surface area is 188 Å². The Morgan fingerprint density at radius 1 is 1.03 bits per heavy atom. The number of sulfonamides is 1. The number of nitrogens with one attached hydrogen (secondary N) is 2. The van der Waals surface area contributed by atoms with Crippen LogP contribution in [0.3, 0.4) is 0 Å². The van der Waals surface area contributed by atoms with Gasteiger partial charge in [0.05, 0.1) is 9.82 Å². The maximum atomic E-state index is 12.7. The molecule has 0 radical (unpaired) electrons. The first-order chi connectivity index (χ1) is 15.4. The van der Waals surface area contributed by atoms with E-state index in [2.05, 4.69) is 20.6 Å². The van der Waals surface area contributed by atoms with Crippen molar-refractivity contribution >= 4 is 33.0 Å². The number of nitrogens with zero attached hydrogens (tertiary/aromatic N) is 4. The average Bonchev–Trinajstić information content (AvgIpc) is 3.03. The second-order valence-electron chi connectivity index (χ2n) is 7.75. The van der Waals surface area contributed by atoms with Crippen LogP contribution in [0.15, 0.2) is 35.5 Å². The van der Waals surface area contributed by atoms with Gasteiger partial charge >= 0.3 is 5.69 Å². The highest BCUT2D eigenvalue weighted by Gasteiger charge is 2.26. The van der Waals surface area contributed by atoms with Crippen molar-refractivity contribution < 1.29 is 13.3 Å². The first kappa shape index (κ1) is 23.9. The number of hydrogen-bond donors (Lipinski definition) is 2. The van der Waals surface area contributed by atoms with Crippen molar-refractivity contribution in [3.63, 3.8) is 0 Å². The minimum atomic E-state index is -3.58. The van der Waals surface area contributed by atoms with E-state index in [-0.39, 0.29) is 28.3 Å². The van der Waals surface area contributed by atoms with Crippen molar-refractivity contribution in [2.24, 2.45) is 0 Å². The van der Waals surface area contributed by atoms with Gasteiger partial charge in [-0.05, 0) is 37.1 Å². The molecule has 0 spiro atoms. The van der Waals surface area contributed by atoms with Crippen molar-refractivity contribution in [2.75, 3.05) is 23.7 Å². The summed E-state index contributed by atoms with van der Waals surface area (Å²) in [6, 6.07) is 6.24. The second-order valence-corrected chi connectivity index (χ2v) is 9.69. The minimum Gasteiger partial charge on any atom is -0.361 e.